The van der Waals surface area contributed by atoms with Gasteiger partial charge in [-0.2, -0.15) is 0 Å². The lowest BCUT2D eigenvalue weighted by atomic mass is 9.92. The molecule has 2 amide bonds. The first-order chi connectivity index (χ1) is 17.8. The van der Waals surface area contributed by atoms with Crippen molar-refractivity contribution in [1.29, 1.82) is 0 Å². The van der Waals surface area contributed by atoms with E-state index in [-0.39, 0.29) is 37.4 Å². The third-order valence-corrected chi connectivity index (χ3v) is 9.01. The molecule has 3 aromatic carbocycles. The van der Waals surface area contributed by atoms with Gasteiger partial charge in [-0.15, -0.1) is 0 Å². The maximum Gasteiger partial charge on any atom is 0.410 e. The molecule has 0 atom stereocenters. The molecular formula is C27H28N2O7S. The van der Waals surface area contributed by atoms with Crippen molar-refractivity contribution >= 4 is 21.8 Å². The Kier molecular flexibility index (Phi) is 8.10. The van der Waals surface area contributed by atoms with Crippen LogP contribution in [-0.2, 0) is 26.0 Å². The third-order valence-electron chi connectivity index (χ3n) is 6.43. The summed E-state index contributed by atoms with van der Waals surface area (Å²) in [5.41, 5.74) is 2.38. The van der Waals surface area contributed by atoms with Gasteiger partial charge in [0.2, 0.25) is 5.91 Å². The largest absolute Gasteiger partial charge is 0.457 e. The first-order valence-electron chi connectivity index (χ1n) is 11.8. The van der Waals surface area contributed by atoms with Gasteiger partial charge in [0, 0.05) is 19.5 Å². The molecule has 0 saturated carbocycles. The summed E-state index contributed by atoms with van der Waals surface area (Å²) in [5.74, 6) is 0.261. The highest BCUT2D eigenvalue weighted by atomic mass is 32.2. The van der Waals surface area contributed by atoms with Crippen LogP contribution in [0.4, 0.5) is 4.79 Å². The number of piperidine rings is 1. The number of carbonyl (C=O) groups is 2. The summed E-state index contributed by atoms with van der Waals surface area (Å²) in [5, 5.41) is 9.12. The predicted octanol–water partition coefficient (Wildman–Crippen LogP) is 4.32. The van der Waals surface area contributed by atoms with E-state index in [1.807, 2.05) is 48.5 Å². The molecule has 194 valence electrons. The summed E-state index contributed by atoms with van der Waals surface area (Å²) >= 11 is 0. The Morgan fingerprint density at radius 3 is 2.03 bits per heavy atom. The van der Waals surface area contributed by atoms with E-state index in [1.165, 1.54) is 17.0 Å². The molecule has 0 aliphatic carbocycles. The fraction of sp³-hybridized carbons (Fsp3) is 0.259. The van der Waals surface area contributed by atoms with Crippen molar-refractivity contribution in [1.82, 2.24) is 10.4 Å². The SMILES string of the molecule is O=C(CC1(S(=O)(=O)c2ccc(Oc3ccccc3)cc2)CCN(C(=O)OCc2ccccc2)CC1)NO. The molecule has 3 aromatic rings. The molecule has 0 unspecified atom stereocenters. The van der Waals surface area contributed by atoms with Crippen molar-refractivity contribution in [2.45, 2.75) is 35.5 Å². The Morgan fingerprint density at radius 1 is 0.865 bits per heavy atom. The highest BCUT2D eigenvalue weighted by Gasteiger charge is 2.49. The zero-order valence-corrected chi connectivity index (χ0v) is 20.9. The van der Waals surface area contributed by atoms with Gasteiger partial charge in [-0.05, 0) is 54.8 Å². The number of benzene rings is 3. The standard InChI is InChI=1S/C27H28N2O7S/c30-25(28-32)19-27(15-17-29(18-16-27)26(31)35-20-21-7-3-1-4-8-21)37(33,34)24-13-11-23(12-14-24)36-22-9-5-2-6-10-22/h1-14,32H,15-20H2,(H,28,30). The van der Waals surface area contributed by atoms with Gasteiger partial charge in [-0.3, -0.25) is 10.0 Å². The van der Waals surface area contributed by atoms with Gasteiger partial charge in [-0.25, -0.2) is 18.7 Å². The highest BCUT2D eigenvalue weighted by molar-refractivity contribution is 7.92. The lowest BCUT2D eigenvalue weighted by Crippen LogP contribution is -2.52. The van der Waals surface area contributed by atoms with Crippen LogP contribution in [0.1, 0.15) is 24.8 Å². The van der Waals surface area contributed by atoms with E-state index in [0.717, 1.165) is 5.56 Å². The van der Waals surface area contributed by atoms with Crippen molar-refractivity contribution in [2.24, 2.45) is 0 Å². The van der Waals surface area contributed by atoms with Gasteiger partial charge in [0.05, 0.1) is 9.64 Å². The van der Waals surface area contributed by atoms with Crippen LogP contribution in [-0.4, -0.2) is 48.4 Å². The fourth-order valence-electron chi connectivity index (χ4n) is 4.34. The average Bonchev–Trinajstić information content (AvgIpc) is 2.93. The van der Waals surface area contributed by atoms with Crippen molar-refractivity contribution in [3.8, 4) is 11.5 Å². The quantitative estimate of drug-likeness (QED) is 0.332. The summed E-state index contributed by atoms with van der Waals surface area (Å²) < 4.78 is 37.2. The van der Waals surface area contributed by atoms with Crippen LogP contribution < -0.4 is 10.2 Å². The summed E-state index contributed by atoms with van der Waals surface area (Å²) in [4.78, 5) is 26.2. The maximum absolute atomic E-state index is 13.8. The Morgan fingerprint density at radius 2 is 1.43 bits per heavy atom. The van der Waals surface area contributed by atoms with E-state index < -0.39 is 33.0 Å². The van der Waals surface area contributed by atoms with Crippen molar-refractivity contribution in [2.75, 3.05) is 13.1 Å². The topological polar surface area (TPSA) is 122 Å². The van der Waals surface area contributed by atoms with Gasteiger partial charge in [0.25, 0.3) is 0 Å². The highest BCUT2D eigenvalue weighted by Crippen LogP contribution is 2.39. The number of amides is 2. The number of para-hydroxylation sites is 1. The number of likely N-dealkylation sites (tertiary alicyclic amines) is 1. The smallest absolute Gasteiger partial charge is 0.410 e. The van der Waals surface area contributed by atoms with Crippen LogP contribution in [0.15, 0.2) is 89.8 Å². The Balaban J connectivity index is 1.48. The number of nitrogens with one attached hydrogen (secondary N) is 1. The molecule has 0 bridgehead atoms. The minimum absolute atomic E-state index is 0.00541. The average molecular weight is 525 g/mol. The number of sulfone groups is 1. The summed E-state index contributed by atoms with van der Waals surface area (Å²) in [7, 11) is -4.03. The van der Waals surface area contributed by atoms with Crippen molar-refractivity contribution in [3.05, 3.63) is 90.5 Å². The number of nitrogens with zero attached hydrogens (tertiary/aromatic N) is 1. The Hall–Kier alpha value is -3.89. The lowest BCUT2D eigenvalue weighted by molar-refractivity contribution is -0.130. The summed E-state index contributed by atoms with van der Waals surface area (Å²) in [6.45, 7) is 0.269. The molecule has 0 radical (unpaired) electrons. The van der Waals surface area contributed by atoms with Gasteiger partial charge in [0.15, 0.2) is 9.84 Å². The molecule has 1 heterocycles. The van der Waals surface area contributed by atoms with Crippen LogP contribution in [0.25, 0.3) is 0 Å². The molecule has 2 N–H and O–H groups in total. The number of hydrogen-bond donors (Lipinski definition) is 2. The van der Waals surface area contributed by atoms with Crippen LogP contribution in [0.5, 0.6) is 11.5 Å². The number of hydroxylamine groups is 1. The number of hydrogen-bond acceptors (Lipinski definition) is 7. The van der Waals surface area contributed by atoms with Gasteiger partial charge in [0.1, 0.15) is 18.1 Å². The lowest BCUT2D eigenvalue weighted by Gasteiger charge is -2.40. The minimum Gasteiger partial charge on any atom is -0.457 e. The molecule has 1 fully saturated rings. The zero-order valence-electron chi connectivity index (χ0n) is 20.1. The molecule has 9 nitrogen and oxygen atoms in total. The molecule has 0 aromatic heterocycles. The molecule has 4 rings (SSSR count). The maximum atomic E-state index is 13.8. The summed E-state index contributed by atoms with van der Waals surface area (Å²) in [6, 6.07) is 24.3. The number of carbonyl (C=O) groups excluding carboxylic acids is 2. The van der Waals surface area contributed by atoms with Gasteiger partial charge in [-0.1, -0.05) is 48.5 Å². The van der Waals surface area contributed by atoms with Crippen molar-refractivity contribution in [3.63, 3.8) is 0 Å². The van der Waals surface area contributed by atoms with E-state index in [0.29, 0.717) is 11.5 Å². The predicted molar refractivity (Wildman–Crippen MR) is 135 cm³/mol. The Labute approximate surface area is 215 Å². The van der Waals surface area contributed by atoms with Crippen LogP contribution >= 0.6 is 0 Å². The minimum atomic E-state index is -4.03. The van der Waals surface area contributed by atoms with Crippen molar-refractivity contribution < 1.29 is 32.7 Å². The van der Waals surface area contributed by atoms with E-state index >= 15 is 0 Å². The molecule has 1 aliphatic heterocycles. The monoisotopic (exact) mass is 524 g/mol. The van der Waals surface area contributed by atoms with E-state index in [1.54, 1.807) is 29.7 Å². The first kappa shape index (κ1) is 26.2. The van der Waals surface area contributed by atoms with E-state index in [9.17, 15) is 18.0 Å². The third kappa shape index (κ3) is 6.10. The van der Waals surface area contributed by atoms with Crippen LogP contribution in [0, 0.1) is 0 Å². The second-order valence-electron chi connectivity index (χ2n) is 8.81. The van der Waals surface area contributed by atoms with Crippen LogP contribution in [0.2, 0.25) is 0 Å². The van der Waals surface area contributed by atoms with E-state index in [2.05, 4.69) is 0 Å². The van der Waals surface area contributed by atoms with Gasteiger partial charge < -0.3 is 14.4 Å². The molecule has 10 heteroatoms. The molecule has 1 saturated heterocycles. The molecule has 0 spiro atoms. The van der Waals surface area contributed by atoms with Crippen LogP contribution in [0.3, 0.4) is 0 Å². The number of ether oxygens (including phenoxy) is 2. The normalized spacial score (nSPS) is 15.0. The molecule has 1 aliphatic rings. The fourth-order valence-corrected chi connectivity index (χ4v) is 6.38. The zero-order chi connectivity index (χ0) is 26.3. The second kappa shape index (κ2) is 11.4. The summed E-state index contributed by atoms with van der Waals surface area (Å²) in [6.07, 6.45) is -0.985. The van der Waals surface area contributed by atoms with Gasteiger partial charge >= 0.3 is 6.09 Å². The number of rotatable bonds is 8. The molecule has 37 heavy (non-hydrogen) atoms. The first-order valence-corrected chi connectivity index (χ1v) is 13.3. The second-order valence-corrected chi connectivity index (χ2v) is 11.2. The van der Waals surface area contributed by atoms with E-state index in [4.69, 9.17) is 14.7 Å². The molecular weight excluding hydrogens is 496 g/mol. The Bertz CT molecular complexity index is 1310.